The zero-order chi connectivity index (χ0) is 17.6. The topological polar surface area (TPSA) is 68.0 Å². The minimum absolute atomic E-state index is 0.00198. The SMILES string of the molecule is CO[C@H]1CN(CCCCCC(=O)OC2CN3CCC2CC3)CC[C@H]1N. The molecule has 4 rings (SSSR count). The van der Waals surface area contributed by atoms with Gasteiger partial charge in [-0.1, -0.05) is 6.42 Å². The van der Waals surface area contributed by atoms with E-state index in [1.807, 2.05) is 0 Å². The first-order valence-corrected chi connectivity index (χ1v) is 10.1. The highest BCUT2D eigenvalue weighted by molar-refractivity contribution is 5.69. The number of fused-ring (bicyclic) bond motifs is 3. The van der Waals surface area contributed by atoms with E-state index in [0.717, 1.165) is 51.9 Å². The average molecular weight is 354 g/mol. The maximum absolute atomic E-state index is 12.1. The molecule has 0 aromatic carbocycles. The van der Waals surface area contributed by atoms with Gasteiger partial charge >= 0.3 is 5.97 Å². The summed E-state index contributed by atoms with van der Waals surface area (Å²) >= 11 is 0. The smallest absolute Gasteiger partial charge is 0.306 e. The van der Waals surface area contributed by atoms with E-state index in [1.54, 1.807) is 7.11 Å². The summed E-state index contributed by atoms with van der Waals surface area (Å²) in [6, 6.07) is 0.169. The minimum Gasteiger partial charge on any atom is -0.461 e. The molecular formula is C19H35N3O3. The molecule has 0 aromatic rings. The van der Waals surface area contributed by atoms with Gasteiger partial charge in [0.05, 0.1) is 6.10 Å². The number of hydrogen-bond donors (Lipinski definition) is 1. The van der Waals surface area contributed by atoms with Crippen LogP contribution in [-0.2, 0) is 14.3 Å². The Labute approximate surface area is 152 Å². The lowest BCUT2D eigenvalue weighted by molar-refractivity contribution is -0.158. The van der Waals surface area contributed by atoms with Crippen molar-refractivity contribution in [2.75, 3.05) is 46.4 Å². The summed E-state index contributed by atoms with van der Waals surface area (Å²) < 4.78 is 11.2. The first-order valence-electron chi connectivity index (χ1n) is 10.1. The Balaban J connectivity index is 1.24. The molecule has 3 atom stereocenters. The summed E-state index contributed by atoms with van der Waals surface area (Å²) in [5.74, 6) is 0.607. The molecule has 0 radical (unpaired) electrons. The number of hydrogen-bond acceptors (Lipinski definition) is 6. The molecule has 0 spiro atoms. The Morgan fingerprint density at radius 1 is 1.04 bits per heavy atom. The van der Waals surface area contributed by atoms with Crippen molar-refractivity contribution >= 4 is 5.97 Å². The van der Waals surface area contributed by atoms with Gasteiger partial charge in [-0.25, -0.2) is 0 Å². The number of nitrogens with two attached hydrogens (primary N) is 1. The van der Waals surface area contributed by atoms with Crippen molar-refractivity contribution in [1.82, 2.24) is 9.80 Å². The Morgan fingerprint density at radius 2 is 1.84 bits per heavy atom. The van der Waals surface area contributed by atoms with Gasteiger partial charge in [0.1, 0.15) is 6.10 Å². The first kappa shape index (κ1) is 19.1. The summed E-state index contributed by atoms with van der Waals surface area (Å²) in [6.07, 6.45) is 7.40. The number of piperidine rings is 4. The molecule has 0 aliphatic carbocycles. The van der Waals surface area contributed by atoms with E-state index < -0.39 is 0 Å². The van der Waals surface area contributed by atoms with Gasteiger partial charge in [0.2, 0.25) is 0 Å². The molecule has 1 unspecified atom stereocenters. The molecule has 4 heterocycles. The standard InChI is InChI=1S/C19H35N3O3/c1-24-18-14-21(12-8-16(18)20)9-4-2-3-5-19(23)25-17-13-22-10-6-15(17)7-11-22/h15-18H,2-14,20H2,1H3/t16-,17?,18+/m1/s1. The molecule has 4 fully saturated rings. The van der Waals surface area contributed by atoms with E-state index in [2.05, 4.69) is 9.80 Å². The van der Waals surface area contributed by atoms with Gasteiger partial charge < -0.3 is 20.1 Å². The van der Waals surface area contributed by atoms with E-state index in [4.69, 9.17) is 15.2 Å². The Morgan fingerprint density at radius 3 is 2.52 bits per heavy atom. The fourth-order valence-corrected chi connectivity index (χ4v) is 4.50. The molecule has 4 aliphatic heterocycles. The maximum atomic E-state index is 12.1. The molecule has 2 N–H and O–H groups in total. The minimum atomic E-state index is 0.00198. The number of ether oxygens (including phenoxy) is 2. The molecule has 144 valence electrons. The van der Waals surface area contributed by atoms with E-state index in [0.29, 0.717) is 12.3 Å². The van der Waals surface area contributed by atoms with Crippen molar-refractivity contribution in [3.63, 3.8) is 0 Å². The first-order chi connectivity index (χ1) is 12.2. The molecule has 0 amide bonds. The van der Waals surface area contributed by atoms with E-state index in [9.17, 15) is 4.79 Å². The zero-order valence-electron chi connectivity index (χ0n) is 15.7. The van der Waals surface area contributed by atoms with Crippen LogP contribution in [0.2, 0.25) is 0 Å². The third kappa shape index (κ3) is 5.39. The summed E-state index contributed by atoms with van der Waals surface area (Å²) in [5.41, 5.74) is 6.05. The fourth-order valence-electron chi connectivity index (χ4n) is 4.50. The molecule has 0 aromatic heterocycles. The maximum Gasteiger partial charge on any atom is 0.306 e. The molecule has 6 heteroatoms. The Hall–Kier alpha value is -0.690. The van der Waals surface area contributed by atoms with Crippen LogP contribution in [0.3, 0.4) is 0 Å². The van der Waals surface area contributed by atoms with Crippen molar-refractivity contribution in [3.05, 3.63) is 0 Å². The van der Waals surface area contributed by atoms with Gasteiger partial charge in [-0.2, -0.15) is 0 Å². The highest BCUT2D eigenvalue weighted by Crippen LogP contribution is 2.29. The van der Waals surface area contributed by atoms with E-state index >= 15 is 0 Å². The number of carbonyl (C=O) groups is 1. The molecule has 2 bridgehead atoms. The van der Waals surface area contributed by atoms with Crippen LogP contribution in [0.1, 0.15) is 44.9 Å². The van der Waals surface area contributed by atoms with Crippen molar-refractivity contribution in [3.8, 4) is 0 Å². The van der Waals surface area contributed by atoms with Gasteiger partial charge in [-0.15, -0.1) is 0 Å². The van der Waals surface area contributed by atoms with Crippen LogP contribution in [0.25, 0.3) is 0 Å². The lowest BCUT2D eigenvalue weighted by atomic mass is 9.86. The van der Waals surface area contributed by atoms with Gasteiger partial charge in [-0.05, 0) is 64.2 Å². The number of nitrogens with zero attached hydrogens (tertiary/aromatic N) is 2. The summed E-state index contributed by atoms with van der Waals surface area (Å²) in [7, 11) is 1.74. The summed E-state index contributed by atoms with van der Waals surface area (Å²) in [6.45, 7) is 6.38. The third-order valence-electron chi connectivity index (χ3n) is 6.23. The predicted octanol–water partition coefficient (Wildman–Crippen LogP) is 1.23. The number of unbranched alkanes of at least 4 members (excludes halogenated alkanes) is 2. The van der Waals surface area contributed by atoms with Gasteiger partial charge in [0.25, 0.3) is 0 Å². The van der Waals surface area contributed by atoms with Crippen LogP contribution in [0.4, 0.5) is 0 Å². The Kier molecular flexibility index (Phi) is 7.10. The van der Waals surface area contributed by atoms with Crippen LogP contribution in [0, 0.1) is 5.92 Å². The quantitative estimate of drug-likeness (QED) is 0.523. The molecular weight excluding hydrogens is 318 g/mol. The predicted molar refractivity (Wildman–Crippen MR) is 97.3 cm³/mol. The second-order valence-electron chi connectivity index (χ2n) is 8.00. The number of rotatable bonds is 8. The molecule has 25 heavy (non-hydrogen) atoms. The lowest BCUT2D eigenvalue weighted by Crippen LogP contribution is -2.51. The van der Waals surface area contributed by atoms with Crippen LogP contribution in [0.5, 0.6) is 0 Å². The number of carbonyl (C=O) groups excluding carboxylic acids is 1. The monoisotopic (exact) mass is 353 g/mol. The fraction of sp³-hybridized carbons (Fsp3) is 0.947. The number of methoxy groups -OCH3 is 1. The molecule has 0 saturated carbocycles. The van der Waals surface area contributed by atoms with Gasteiger partial charge in [0, 0.05) is 32.7 Å². The van der Waals surface area contributed by atoms with Crippen molar-refractivity contribution in [2.24, 2.45) is 11.7 Å². The van der Waals surface area contributed by atoms with Crippen LogP contribution in [-0.4, -0.2) is 80.4 Å². The number of esters is 1. The van der Waals surface area contributed by atoms with Crippen LogP contribution < -0.4 is 5.73 Å². The second kappa shape index (κ2) is 9.31. The lowest BCUT2D eigenvalue weighted by Gasteiger charge is -2.43. The van der Waals surface area contributed by atoms with Crippen molar-refractivity contribution in [1.29, 1.82) is 0 Å². The average Bonchev–Trinajstić information content (AvgIpc) is 2.63. The molecule has 4 saturated heterocycles. The van der Waals surface area contributed by atoms with Crippen LogP contribution >= 0.6 is 0 Å². The van der Waals surface area contributed by atoms with Crippen LogP contribution in [0.15, 0.2) is 0 Å². The van der Waals surface area contributed by atoms with E-state index in [1.165, 1.54) is 25.9 Å². The Bertz CT molecular complexity index is 426. The molecule has 6 nitrogen and oxygen atoms in total. The molecule has 4 aliphatic rings. The largest absolute Gasteiger partial charge is 0.461 e. The van der Waals surface area contributed by atoms with Gasteiger partial charge in [-0.3, -0.25) is 9.69 Å². The third-order valence-corrected chi connectivity index (χ3v) is 6.23. The summed E-state index contributed by atoms with van der Waals surface area (Å²) in [4.78, 5) is 16.9. The zero-order valence-corrected chi connectivity index (χ0v) is 15.7. The highest BCUT2D eigenvalue weighted by atomic mass is 16.5. The second-order valence-corrected chi connectivity index (χ2v) is 8.00. The van der Waals surface area contributed by atoms with Crippen molar-refractivity contribution in [2.45, 2.75) is 63.2 Å². The highest BCUT2D eigenvalue weighted by Gasteiger charge is 2.36. The summed E-state index contributed by atoms with van der Waals surface area (Å²) in [5, 5.41) is 0. The van der Waals surface area contributed by atoms with Gasteiger partial charge in [0.15, 0.2) is 0 Å². The van der Waals surface area contributed by atoms with Crippen molar-refractivity contribution < 1.29 is 14.3 Å². The normalized spacial score (nSPS) is 35.7. The van der Waals surface area contributed by atoms with E-state index in [-0.39, 0.29) is 24.2 Å². The number of likely N-dealkylation sites (tertiary alicyclic amines) is 1.